The van der Waals surface area contributed by atoms with Crippen LogP contribution < -0.4 is 10.1 Å². The zero-order chi connectivity index (χ0) is 24.6. The van der Waals surface area contributed by atoms with Gasteiger partial charge in [0.1, 0.15) is 5.82 Å². The molecule has 0 unspecified atom stereocenters. The van der Waals surface area contributed by atoms with Crippen molar-refractivity contribution in [2.45, 2.75) is 32.7 Å². The molecule has 0 radical (unpaired) electrons. The van der Waals surface area contributed by atoms with Gasteiger partial charge in [0.05, 0.1) is 31.1 Å². The van der Waals surface area contributed by atoms with Gasteiger partial charge in [-0.25, -0.2) is 9.07 Å². The van der Waals surface area contributed by atoms with Crippen LogP contribution in [0.15, 0.2) is 78.9 Å². The fourth-order valence-electron chi connectivity index (χ4n) is 3.45. The lowest BCUT2D eigenvalue weighted by atomic mass is 10.2. The molecule has 0 aliphatic rings. The predicted molar refractivity (Wildman–Crippen MR) is 133 cm³/mol. The molecule has 0 saturated heterocycles. The number of nitrogens with one attached hydrogen (secondary N) is 1. The Balaban J connectivity index is 1.40. The number of aliphatic hydroxyl groups excluding tert-OH is 1. The Morgan fingerprint density at radius 2 is 1.77 bits per heavy atom. The van der Waals surface area contributed by atoms with E-state index in [2.05, 4.69) is 15.4 Å². The standard InChI is InChI=1S/C27H29FN4O3/c1-19(2)35-27-30-26(21-9-6-10-22(28)15-21)32(31-27)24-13-11-23(12-14-24)29-16-25(33)18-34-17-20-7-4-3-5-8-20/h3-15,19,25,29,33H,16-18H2,1-2H3/t25-/m0/s1. The minimum atomic E-state index is -0.649. The van der Waals surface area contributed by atoms with E-state index in [-0.39, 0.29) is 24.5 Å². The van der Waals surface area contributed by atoms with E-state index in [1.165, 1.54) is 12.1 Å². The number of hydrogen-bond donors (Lipinski definition) is 2. The van der Waals surface area contributed by atoms with Gasteiger partial charge in [0.15, 0.2) is 5.82 Å². The number of aliphatic hydroxyl groups is 1. The summed E-state index contributed by atoms with van der Waals surface area (Å²) in [6.07, 6.45) is -0.745. The number of hydrogen-bond acceptors (Lipinski definition) is 6. The summed E-state index contributed by atoms with van der Waals surface area (Å²) in [7, 11) is 0. The Labute approximate surface area is 204 Å². The van der Waals surface area contributed by atoms with Gasteiger partial charge in [-0.3, -0.25) is 0 Å². The maximum Gasteiger partial charge on any atom is 0.336 e. The van der Waals surface area contributed by atoms with Gasteiger partial charge in [-0.05, 0) is 55.8 Å². The summed E-state index contributed by atoms with van der Waals surface area (Å²) in [6, 6.07) is 23.8. The zero-order valence-corrected chi connectivity index (χ0v) is 19.8. The van der Waals surface area contributed by atoms with E-state index < -0.39 is 6.10 Å². The Morgan fingerprint density at radius 1 is 1.00 bits per heavy atom. The highest BCUT2D eigenvalue weighted by Crippen LogP contribution is 2.25. The molecule has 4 aromatic rings. The van der Waals surface area contributed by atoms with Crippen LogP contribution in [0.4, 0.5) is 10.1 Å². The van der Waals surface area contributed by atoms with E-state index >= 15 is 0 Å². The van der Waals surface area contributed by atoms with Crippen molar-refractivity contribution in [2.24, 2.45) is 0 Å². The van der Waals surface area contributed by atoms with Gasteiger partial charge in [-0.1, -0.05) is 42.5 Å². The molecule has 0 saturated carbocycles. The number of aromatic nitrogens is 3. The van der Waals surface area contributed by atoms with Gasteiger partial charge in [0, 0.05) is 17.8 Å². The summed E-state index contributed by atoms with van der Waals surface area (Å²) >= 11 is 0. The first kappa shape index (κ1) is 24.4. The number of anilines is 1. The average molecular weight is 477 g/mol. The lowest BCUT2D eigenvalue weighted by Gasteiger charge is -2.14. The average Bonchev–Trinajstić information content (AvgIpc) is 3.27. The molecule has 2 N–H and O–H groups in total. The Morgan fingerprint density at radius 3 is 2.49 bits per heavy atom. The first-order valence-corrected chi connectivity index (χ1v) is 11.5. The molecule has 182 valence electrons. The summed E-state index contributed by atoms with van der Waals surface area (Å²) < 4.78 is 26.7. The second-order valence-electron chi connectivity index (χ2n) is 8.39. The van der Waals surface area contributed by atoms with Crippen LogP contribution in [0.3, 0.4) is 0 Å². The molecular weight excluding hydrogens is 447 g/mol. The smallest absolute Gasteiger partial charge is 0.336 e. The van der Waals surface area contributed by atoms with E-state index in [1.54, 1.807) is 16.8 Å². The van der Waals surface area contributed by atoms with Crippen molar-refractivity contribution in [3.63, 3.8) is 0 Å². The highest BCUT2D eigenvalue weighted by Gasteiger charge is 2.16. The first-order chi connectivity index (χ1) is 17.0. The van der Waals surface area contributed by atoms with Crippen LogP contribution in [-0.2, 0) is 11.3 Å². The number of halogens is 1. The van der Waals surface area contributed by atoms with E-state index in [1.807, 2.05) is 68.4 Å². The fourth-order valence-corrected chi connectivity index (χ4v) is 3.45. The van der Waals surface area contributed by atoms with Crippen molar-refractivity contribution in [2.75, 3.05) is 18.5 Å². The SMILES string of the molecule is CC(C)Oc1nc(-c2cccc(F)c2)n(-c2ccc(NC[C@H](O)COCc3ccccc3)cc2)n1. The first-order valence-electron chi connectivity index (χ1n) is 11.5. The van der Waals surface area contributed by atoms with E-state index in [0.717, 1.165) is 16.9 Å². The normalized spacial score (nSPS) is 12.0. The van der Waals surface area contributed by atoms with E-state index in [4.69, 9.17) is 9.47 Å². The summed E-state index contributed by atoms with van der Waals surface area (Å²) in [6.45, 7) is 4.82. The third-order valence-electron chi connectivity index (χ3n) is 5.09. The molecule has 7 nitrogen and oxygen atoms in total. The van der Waals surface area contributed by atoms with Gasteiger partial charge >= 0.3 is 6.01 Å². The third-order valence-corrected chi connectivity index (χ3v) is 5.09. The monoisotopic (exact) mass is 476 g/mol. The molecular formula is C27H29FN4O3. The van der Waals surface area contributed by atoms with Crippen molar-refractivity contribution in [1.82, 2.24) is 14.8 Å². The summed E-state index contributed by atoms with van der Waals surface area (Å²) in [4.78, 5) is 4.47. The van der Waals surface area contributed by atoms with E-state index in [9.17, 15) is 9.50 Å². The van der Waals surface area contributed by atoms with Crippen molar-refractivity contribution < 1.29 is 19.0 Å². The van der Waals surface area contributed by atoms with Crippen LogP contribution in [0, 0.1) is 5.82 Å². The maximum atomic E-state index is 13.8. The number of nitrogens with zero attached hydrogens (tertiary/aromatic N) is 3. The lowest BCUT2D eigenvalue weighted by molar-refractivity contribution is 0.0348. The second-order valence-corrected chi connectivity index (χ2v) is 8.39. The number of rotatable bonds is 11. The van der Waals surface area contributed by atoms with Crippen LogP contribution in [-0.4, -0.2) is 45.2 Å². The van der Waals surface area contributed by atoms with Crippen LogP contribution >= 0.6 is 0 Å². The molecule has 0 spiro atoms. The number of benzene rings is 3. The molecule has 0 aliphatic heterocycles. The summed E-state index contributed by atoms with van der Waals surface area (Å²) in [5.41, 5.74) is 3.24. The van der Waals surface area contributed by atoms with Crippen LogP contribution in [0.5, 0.6) is 6.01 Å². The zero-order valence-electron chi connectivity index (χ0n) is 19.8. The van der Waals surface area contributed by atoms with Crippen LogP contribution in [0.1, 0.15) is 19.4 Å². The lowest BCUT2D eigenvalue weighted by Crippen LogP contribution is -2.24. The molecule has 3 aromatic carbocycles. The Bertz CT molecular complexity index is 1210. The minimum Gasteiger partial charge on any atom is -0.460 e. The van der Waals surface area contributed by atoms with Crippen molar-refractivity contribution in [1.29, 1.82) is 0 Å². The summed E-state index contributed by atoms with van der Waals surface area (Å²) in [5.74, 6) is 0.126. The molecule has 0 fully saturated rings. The Hall–Kier alpha value is -3.75. The van der Waals surface area contributed by atoms with Gasteiger partial charge in [0.2, 0.25) is 0 Å². The van der Waals surface area contributed by atoms with E-state index in [0.29, 0.717) is 24.5 Å². The second kappa shape index (κ2) is 11.6. The molecule has 0 aliphatic carbocycles. The molecule has 1 heterocycles. The quantitative estimate of drug-likeness (QED) is 0.322. The van der Waals surface area contributed by atoms with Crippen molar-refractivity contribution >= 4 is 5.69 Å². The van der Waals surface area contributed by atoms with Crippen LogP contribution in [0.25, 0.3) is 17.1 Å². The largest absolute Gasteiger partial charge is 0.460 e. The topological polar surface area (TPSA) is 81.4 Å². The molecule has 1 aromatic heterocycles. The molecule has 35 heavy (non-hydrogen) atoms. The molecule has 0 bridgehead atoms. The highest BCUT2D eigenvalue weighted by molar-refractivity contribution is 5.59. The van der Waals surface area contributed by atoms with Crippen LogP contribution in [0.2, 0.25) is 0 Å². The van der Waals surface area contributed by atoms with Crippen molar-refractivity contribution in [3.05, 3.63) is 90.2 Å². The fraction of sp³-hybridized carbons (Fsp3) is 0.259. The highest BCUT2D eigenvalue weighted by atomic mass is 19.1. The molecule has 8 heteroatoms. The maximum absolute atomic E-state index is 13.8. The number of ether oxygens (including phenoxy) is 2. The van der Waals surface area contributed by atoms with Crippen molar-refractivity contribution in [3.8, 4) is 23.1 Å². The molecule has 4 rings (SSSR count). The van der Waals surface area contributed by atoms with Gasteiger partial charge < -0.3 is 19.9 Å². The minimum absolute atomic E-state index is 0.0964. The Kier molecular flexibility index (Phi) is 8.07. The van der Waals surface area contributed by atoms with Gasteiger partial charge in [-0.2, -0.15) is 4.98 Å². The third kappa shape index (κ3) is 6.88. The van der Waals surface area contributed by atoms with Gasteiger partial charge in [-0.15, -0.1) is 5.10 Å². The predicted octanol–water partition coefficient (Wildman–Crippen LogP) is 4.85. The summed E-state index contributed by atoms with van der Waals surface area (Å²) in [5, 5.41) is 17.9. The molecule has 1 atom stereocenters. The molecule has 0 amide bonds. The van der Waals surface area contributed by atoms with Gasteiger partial charge in [0.25, 0.3) is 0 Å².